The number of hydrogen-bond donors (Lipinski definition) is 1. The molecule has 0 saturated carbocycles. The van der Waals surface area contributed by atoms with Gasteiger partial charge in [-0.05, 0) is 35.9 Å². The van der Waals surface area contributed by atoms with Gasteiger partial charge >= 0.3 is 0 Å². The Balaban J connectivity index is 1.63. The van der Waals surface area contributed by atoms with Gasteiger partial charge in [0.1, 0.15) is 17.9 Å². The van der Waals surface area contributed by atoms with Crippen molar-refractivity contribution in [3.63, 3.8) is 0 Å². The van der Waals surface area contributed by atoms with Crippen LogP contribution in [0.25, 0.3) is 16.7 Å². The summed E-state index contributed by atoms with van der Waals surface area (Å²) >= 11 is 0. The van der Waals surface area contributed by atoms with Gasteiger partial charge in [-0.1, -0.05) is 18.2 Å². The van der Waals surface area contributed by atoms with Crippen molar-refractivity contribution < 1.29 is 4.74 Å². The Morgan fingerprint density at radius 2 is 2.00 bits per heavy atom. The van der Waals surface area contributed by atoms with Crippen molar-refractivity contribution in [2.24, 2.45) is 0 Å². The summed E-state index contributed by atoms with van der Waals surface area (Å²) in [6.45, 7) is 0.616. The van der Waals surface area contributed by atoms with E-state index in [9.17, 15) is 0 Å². The highest BCUT2D eigenvalue weighted by atomic mass is 16.5. The fourth-order valence-electron chi connectivity index (χ4n) is 2.81. The molecule has 7 heteroatoms. The van der Waals surface area contributed by atoms with Gasteiger partial charge in [0.15, 0.2) is 5.65 Å². The molecule has 4 rings (SSSR count). The number of nitrogens with one attached hydrogen (secondary N) is 1. The maximum atomic E-state index is 9.10. The molecule has 0 atom stereocenters. The highest BCUT2D eigenvalue weighted by Gasteiger charge is 2.11. The standard InChI is InChI=1S/C20H16N6O/c1-27-17-7-5-14(6-8-17)11-22-19-18-12-25-26(20(18)24-13-23-19)16-4-2-3-15(9-16)10-21/h2-9,12-13H,11H2,1H3,(H,22,23,24). The van der Waals surface area contributed by atoms with Crippen LogP contribution in [-0.4, -0.2) is 26.9 Å². The van der Waals surface area contributed by atoms with Gasteiger partial charge in [0, 0.05) is 6.54 Å². The highest BCUT2D eigenvalue weighted by molar-refractivity contribution is 5.87. The van der Waals surface area contributed by atoms with E-state index >= 15 is 0 Å². The molecule has 0 saturated heterocycles. The summed E-state index contributed by atoms with van der Waals surface area (Å²) in [5.74, 6) is 1.53. The summed E-state index contributed by atoms with van der Waals surface area (Å²) in [7, 11) is 1.65. The third-order valence-electron chi connectivity index (χ3n) is 4.20. The number of nitrogens with zero attached hydrogens (tertiary/aromatic N) is 5. The van der Waals surface area contributed by atoms with Crippen LogP contribution in [-0.2, 0) is 6.54 Å². The van der Waals surface area contributed by atoms with Crippen LogP contribution in [0.5, 0.6) is 5.75 Å². The average Bonchev–Trinajstić information content (AvgIpc) is 3.17. The van der Waals surface area contributed by atoms with Gasteiger partial charge in [-0.25, -0.2) is 14.6 Å². The van der Waals surface area contributed by atoms with E-state index in [1.807, 2.05) is 36.4 Å². The molecule has 7 nitrogen and oxygen atoms in total. The first-order valence-corrected chi connectivity index (χ1v) is 8.34. The van der Waals surface area contributed by atoms with Crippen LogP contribution in [0.1, 0.15) is 11.1 Å². The van der Waals surface area contributed by atoms with Crippen molar-refractivity contribution in [1.29, 1.82) is 5.26 Å². The molecule has 2 heterocycles. The van der Waals surface area contributed by atoms with Gasteiger partial charge in [-0.3, -0.25) is 0 Å². The van der Waals surface area contributed by atoms with Crippen molar-refractivity contribution in [3.05, 3.63) is 72.2 Å². The van der Waals surface area contributed by atoms with E-state index in [0.717, 1.165) is 22.4 Å². The number of hydrogen-bond acceptors (Lipinski definition) is 6. The summed E-state index contributed by atoms with van der Waals surface area (Å²) in [5, 5.41) is 17.7. The molecule has 2 aromatic carbocycles. The molecule has 0 spiro atoms. The molecule has 0 amide bonds. The molecule has 0 aliphatic carbocycles. The largest absolute Gasteiger partial charge is 0.497 e. The zero-order valence-electron chi connectivity index (χ0n) is 14.6. The minimum atomic E-state index is 0.572. The molecule has 0 unspecified atom stereocenters. The summed E-state index contributed by atoms with van der Waals surface area (Å²) in [5.41, 5.74) is 3.14. The zero-order valence-corrected chi connectivity index (χ0v) is 14.6. The maximum absolute atomic E-state index is 9.10. The van der Waals surface area contributed by atoms with E-state index in [-0.39, 0.29) is 0 Å². The van der Waals surface area contributed by atoms with Gasteiger partial charge in [0.05, 0.1) is 36.0 Å². The number of anilines is 1. The van der Waals surface area contributed by atoms with Crippen LogP contribution in [0.3, 0.4) is 0 Å². The van der Waals surface area contributed by atoms with Crippen LogP contribution >= 0.6 is 0 Å². The molecule has 0 bridgehead atoms. The highest BCUT2D eigenvalue weighted by Crippen LogP contribution is 2.22. The first-order valence-electron chi connectivity index (χ1n) is 8.34. The Kier molecular flexibility index (Phi) is 4.37. The van der Waals surface area contributed by atoms with Crippen molar-refractivity contribution in [3.8, 4) is 17.5 Å². The molecule has 2 aromatic heterocycles. The predicted octanol–water partition coefficient (Wildman–Crippen LogP) is 3.31. The summed E-state index contributed by atoms with van der Waals surface area (Å²) in [6, 6.07) is 17.2. The molecule has 132 valence electrons. The third-order valence-corrected chi connectivity index (χ3v) is 4.20. The van der Waals surface area contributed by atoms with Crippen molar-refractivity contribution in [1.82, 2.24) is 19.7 Å². The summed E-state index contributed by atoms with van der Waals surface area (Å²) in [4.78, 5) is 8.71. The lowest BCUT2D eigenvalue weighted by molar-refractivity contribution is 0.414. The number of methoxy groups -OCH3 is 1. The van der Waals surface area contributed by atoms with Crippen molar-refractivity contribution >= 4 is 16.9 Å². The average molecular weight is 356 g/mol. The lowest BCUT2D eigenvalue weighted by Crippen LogP contribution is -2.03. The van der Waals surface area contributed by atoms with Gasteiger partial charge in [0.25, 0.3) is 0 Å². The topological polar surface area (TPSA) is 88.7 Å². The van der Waals surface area contributed by atoms with E-state index in [2.05, 4.69) is 26.5 Å². The smallest absolute Gasteiger partial charge is 0.168 e. The van der Waals surface area contributed by atoms with Gasteiger partial charge in [-0.15, -0.1) is 0 Å². The second kappa shape index (κ2) is 7.14. The molecule has 4 aromatic rings. The lowest BCUT2D eigenvalue weighted by Gasteiger charge is -2.08. The third kappa shape index (κ3) is 3.28. The van der Waals surface area contributed by atoms with E-state index in [1.165, 1.54) is 6.33 Å². The van der Waals surface area contributed by atoms with Gasteiger partial charge in [0.2, 0.25) is 0 Å². The molecule has 0 fully saturated rings. The number of rotatable bonds is 5. The maximum Gasteiger partial charge on any atom is 0.168 e. The number of nitriles is 1. The Morgan fingerprint density at radius 1 is 1.15 bits per heavy atom. The fraction of sp³-hybridized carbons (Fsp3) is 0.100. The van der Waals surface area contributed by atoms with E-state index in [1.54, 1.807) is 30.1 Å². The molecule has 1 N–H and O–H groups in total. The number of fused-ring (bicyclic) bond motifs is 1. The second-order valence-electron chi connectivity index (χ2n) is 5.88. The normalized spacial score (nSPS) is 10.5. The molecular formula is C20H16N6O. The van der Waals surface area contributed by atoms with Gasteiger partial charge in [-0.2, -0.15) is 10.4 Å². The first kappa shape index (κ1) is 16.5. The Bertz CT molecular complexity index is 1130. The Hall–Kier alpha value is -3.92. The first-order chi connectivity index (χ1) is 13.3. The summed E-state index contributed by atoms with van der Waals surface area (Å²) in [6.07, 6.45) is 3.23. The molecule has 0 aliphatic rings. The lowest BCUT2D eigenvalue weighted by atomic mass is 10.2. The minimum Gasteiger partial charge on any atom is -0.497 e. The van der Waals surface area contributed by atoms with Crippen LogP contribution in [0, 0.1) is 11.3 Å². The minimum absolute atomic E-state index is 0.572. The van der Waals surface area contributed by atoms with Crippen molar-refractivity contribution in [2.75, 3.05) is 12.4 Å². The summed E-state index contributed by atoms with van der Waals surface area (Å²) < 4.78 is 6.88. The van der Waals surface area contributed by atoms with E-state index in [0.29, 0.717) is 23.6 Å². The Labute approximate surface area is 155 Å². The van der Waals surface area contributed by atoms with Crippen LogP contribution in [0.2, 0.25) is 0 Å². The van der Waals surface area contributed by atoms with E-state index < -0.39 is 0 Å². The SMILES string of the molecule is COc1ccc(CNc2ncnc3c2cnn3-c2cccc(C#N)c2)cc1. The zero-order chi connectivity index (χ0) is 18.6. The Morgan fingerprint density at radius 3 is 2.78 bits per heavy atom. The van der Waals surface area contributed by atoms with Crippen LogP contribution < -0.4 is 10.1 Å². The van der Waals surface area contributed by atoms with Gasteiger partial charge < -0.3 is 10.1 Å². The molecular weight excluding hydrogens is 340 g/mol. The molecule has 0 radical (unpaired) electrons. The van der Waals surface area contributed by atoms with Crippen LogP contribution in [0.4, 0.5) is 5.82 Å². The monoisotopic (exact) mass is 356 g/mol. The fourth-order valence-corrected chi connectivity index (χ4v) is 2.81. The quantitative estimate of drug-likeness (QED) is 0.590. The van der Waals surface area contributed by atoms with E-state index in [4.69, 9.17) is 10.00 Å². The predicted molar refractivity (Wildman–Crippen MR) is 102 cm³/mol. The molecule has 0 aliphatic heterocycles. The van der Waals surface area contributed by atoms with Crippen LogP contribution in [0.15, 0.2) is 61.1 Å². The van der Waals surface area contributed by atoms with Crippen molar-refractivity contribution in [2.45, 2.75) is 6.54 Å². The number of ether oxygens (including phenoxy) is 1. The molecule has 27 heavy (non-hydrogen) atoms. The number of benzene rings is 2. The second-order valence-corrected chi connectivity index (χ2v) is 5.88. The number of aromatic nitrogens is 4.